The molecule has 0 fully saturated rings. The summed E-state index contributed by atoms with van der Waals surface area (Å²) in [6.07, 6.45) is 0.753. The number of benzene rings is 2. The molecule has 6 heteroatoms. The third kappa shape index (κ3) is 3.28. The molecule has 0 bridgehead atoms. The van der Waals surface area contributed by atoms with E-state index in [1.807, 2.05) is 24.3 Å². The van der Waals surface area contributed by atoms with Crippen LogP contribution < -0.4 is 5.32 Å². The van der Waals surface area contributed by atoms with Crippen molar-refractivity contribution in [1.29, 1.82) is 0 Å². The van der Waals surface area contributed by atoms with Crippen molar-refractivity contribution in [3.8, 4) is 0 Å². The third-order valence-corrected chi connectivity index (χ3v) is 4.98. The molecule has 0 saturated carbocycles. The number of pyridine rings is 1. The van der Waals surface area contributed by atoms with Crippen molar-refractivity contribution in [3.05, 3.63) is 70.9 Å². The summed E-state index contributed by atoms with van der Waals surface area (Å²) < 4.78 is 27.5. The van der Waals surface area contributed by atoms with Crippen molar-refractivity contribution in [1.82, 2.24) is 9.88 Å². The number of para-hydroxylation sites is 1. The van der Waals surface area contributed by atoms with E-state index in [9.17, 15) is 13.6 Å². The number of hydrogen-bond donors (Lipinski definition) is 1. The van der Waals surface area contributed by atoms with Crippen LogP contribution in [0.15, 0.2) is 42.5 Å². The third-order valence-electron chi connectivity index (χ3n) is 4.98. The topological polar surface area (TPSA) is 45.2 Å². The summed E-state index contributed by atoms with van der Waals surface area (Å²) in [5, 5.41) is 3.25. The monoisotopic (exact) mass is 367 g/mol. The Morgan fingerprint density at radius 2 is 2.04 bits per heavy atom. The molecule has 2 aromatic carbocycles. The molecule has 2 heterocycles. The number of aromatic nitrogens is 1. The zero-order chi connectivity index (χ0) is 19.0. The zero-order valence-electron chi connectivity index (χ0n) is 14.9. The second-order valence-corrected chi connectivity index (χ2v) is 6.63. The molecule has 1 aromatic heterocycles. The van der Waals surface area contributed by atoms with Crippen LogP contribution in [-0.4, -0.2) is 28.9 Å². The first-order valence-corrected chi connectivity index (χ1v) is 8.96. The summed E-state index contributed by atoms with van der Waals surface area (Å²) >= 11 is 0. The van der Waals surface area contributed by atoms with Gasteiger partial charge in [-0.3, -0.25) is 14.7 Å². The number of hydrogen-bond acceptors (Lipinski definition) is 3. The molecule has 0 radical (unpaired) electrons. The summed E-state index contributed by atoms with van der Waals surface area (Å²) in [5.74, 6) is -1.73. The fraction of sp³-hybridized carbons (Fsp3) is 0.238. The van der Waals surface area contributed by atoms with Gasteiger partial charge in [0.2, 0.25) is 0 Å². The Morgan fingerprint density at radius 1 is 1.22 bits per heavy atom. The quantitative estimate of drug-likeness (QED) is 0.757. The van der Waals surface area contributed by atoms with E-state index in [4.69, 9.17) is 4.98 Å². The van der Waals surface area contributed by atoms with E-state index in [0.29, 0.717) is 17.5 Å². The maximum Gasteiger partial charge on any atom is 0.256 e. The molecule has 1 N–H and O–H groups in total. The van der Waals surface area contributed by atoms with Crippen LogP contribution >= 0.6 is 0 Å². The maximum absolute atomic E-state index is 14.0. The molecule has 27 heavy (non-hydrogen) atoms. The fourth-order valence-corrected chi connectivity index (χ4v) is 3.55. The lowest BCUT2D eigenvalue weighted by atomic mass is 9.95. The first-order chi connectivity index (χ1) is 13.1. The Labute approximate surface area is 155 Å². The number of rotatable bonds is 3. The number of fused-ring (bicyclic) bond motifs is 2. The zero-order valence-corrected chi connectivity index (χ0v) is 14.9. The molecule has 3 aromatic rings. The fourth-order valence-electron chi connectivity index (χ4n) is 3.55. The minimum atomic E-state index is -0.674. The lowest BCUT2D eigenvalue weighted by molar-refractivity contribution is 0.102. The highest BCUT2D eigenvalue weighted by Crippen LogP contribution is 2.29. The van der Waals surface area contributed by atoms with Gasteiger partial charge in [0.15, 0.2) is 0 Å². The summed E-state index contributed by atoms with van der Waals surface area (Å²) in [7, 11) is 0. The molecule has 4 rings (SSSR count). The van der Waals surface area contributed by atoms with Crippen LogP contribution in [0.1, 0.15) is 28.5 Å². The van der Waals surface area contributed by atoms with E-state index in [0.717, 1.165) is 54.5 Å². The van der Waals surface area contributed by atoms with E-state index in [1.165, 1.54) is 0 Å². The van der Waals surface area contributed by atoms with Crippen LogP contribution in [0.5, 0.6) is 0 Å². The average Bonchev–Trinajstić information content (AvgIpc) is 2.68. The molecule has 0 unspecified atom stereocenters. The van der Waals surface area contributed by atoms with Crippen LogP contribution in [0.3, 0.4) is 0 Å². The Balaban J connectivity index is 1.84. The smallest absolute Gasteiger partial charge is 0.256 e. The Morgan fingerprint density at radius 3 is 2.85 bits per heavy atom. The van der Waals surface area contributed by atoms with Crippen molar-refractivity contribution in [2.24, 2.45) is 0 Å². The average molecular weight is 367 g/mol. The standard InChI is InChI=1S/C21H19F2N3O/c1-2-26-10-9-18-15(12-26)20(14-5-3-4-6-17(14)24-18)21(27)25-19-11-13(22)7-8-16(19)23/h3-8,11H,2,9-10,12H2,1H3,(H,25,27). The maximum atomic E-state index is 14.0. The van der Waals surface area contributed by atoms with Gasteiger partial charge in [-0.1, -0.05) is 25.1 Å². The highest BCUT2D eigenvalue weighted by atomic mass is 19.1. The van der Waals surface area contributed by atoms with Gasteiger partial charge in [0.05, 0.1) is 16.8 Å². The first kappa shape index (κ1) is 17.5. The highest BCUT2D eigenvalue weighted by molar-refractivity contribution is 6.13. The van der Waals surface area contributed by atoms with Crippen molar-refractivity contribution in [2.45, 2.75) is 19.9 Å². The van der Waals surface area contributed by atoms with Gasteiger partial charge in [0, 0.05) is 42.2 Å². The number of halogens is 2. The molecule has 1 aliphatic heterocycles. The van der Waals surface area contributed by atoms with Crippen molar-refractivity contribution >= 4 is 22.5 Å². The molecule has 0 saturated heterocycles. The molecule has 0 aliphatic carbocycles. The molecular weight excluding hydrogens is 348 g/mol. The van der Waals surface area contributed by atoms with E-state index >= 15 is 0 Å². The van der Waals surface area contributed by atoms with Gasteiger partial charge >= 0.3 is 0 Å². The number of likely N-dealkylation sites (N-methyl/N-ethyl adjacent to an activating group) is 1. The Hall–Kier alpha value is -2.86. The second-order valence-electron chi connectivity index (χ2n) is 6.63. The lowest BCUT2D eigenvalue weighted by Crippen LogP contribution is -2.33. The van der Waals surface area contributed by atoms with Crippen molar-refractivity contribution in [3.63, 3.8) is 0 Å². The first-order valence-electron chi connectivity index (χ1n) is 8.96. The predicted molar refractivity (Wildman–Crippen MR) is 101 cm³/mol. The summed E-state index contributed by atoms with van der Waals surface area (Å²) in [6.45, 7) is 4.43. The van der Waals surface area contributed by atoms with Crippen LogP contribution in [0.4, 0.5) is 14.5 Å². The molecule has 1 amide bonds. The SMILES string of the molecule is CCN1CCc2nc3ccccc3c(C(=O)Nc3cc(F)ccc3F)c2C1. The molecular formula is C21H19F2N3O. The number of carbonyl (C=O) groups is 1. The predicted octanol–water partition coefficient (Wildman–Crippen LogP) is 4.14. The van der Waals surface area contributed by atoms with Gasteiger partial charge in [0.25, 0.3) is 5.91 Å². The van der Waals surface area contributed by atoms with Crippen LogP contribution in [0, 0.1) is 11.6 Å². The van der Waals surface area contributed by atoms with E-state index in [2.05, 4.69) is 17.1 Å². The van der Waals surface area contributed by atoms with Gasteiger partial charge in [-0.15, -0.1) is 0 Å². The van der Waals surface area contributed by atoms with Crippen molar-refractivity contribution in [2.75, 3.05) is 18.4 Å². The highest BCUT2D eigenvalue weighted by Gasteiger charge is 2.25. The molecule has 0 spiro atoms. The molecule has 0 atom stereocenters. The Kier molecular flexibility index (Phi) is 4.58. The van der Waals surface area contributed by atoms with E-state index < -0.39 is 17.5 Å². The Bertz CT molecular complexity index is 1040. The largest absolute Gasteiger partial charge is 0.319 e. The number of amides is 1. The van der Waals surface area contributed by atoms with Crippen LogP contribution in [0.2, 0.25) is 0 Å². The van der Waals surface area contributed by atoms with Crippen LogP contribution in [-0.2, 0) is 13.0 Å². The van der Waals surface area contributed by atoms with Gasteiger partial charge in [-0.2, -0.15) is 0 Å². The summed E-state index contributed by atoms with van der Waals surface area (Å²) in [4.78, 5) is 20.1. The summed E-state index contributed by atoms with van der Waals surface area (Å²) in [5.41, 5.74) is 2.79. The molecule has 138 valence electrons. The van der Waals surface area contributed by atoms with Gasteiger partial charge in [0.1, 0.15) is 11.6 Å². The number of nitrogens with one attached hydrogen (secondary N) is 1. The minimum absolute atomic E-state index is 0.169. The number of nitrogens with zero attached hydrogens (tertiary/aromatic N) is 2. The lowest BCUT2D eigenvalue weighted by Gasteiger charge is -2.29. The minimum Gasteiger partial charge on any atom is -0.319 e. The normalized spacial score (nSPS) is 14.2. The van der Waals surface area contributed by atoms with Gasteiger partial charge < -0.3 is 5.32 Å². The van der Waals surface area contributed by atoms with E-state index in [-0.39, 0.29) is 5.69 Å². The van der Waals surface area contributed by atoms with E-state index in [1.54, 1.807) is 0 Å². The van der Waals surface area contributed by atoms with Crippen LogP contribution in [0.25, 0.3) is 10.9 Å². The molecule has 4 nitrogen and oxygen atoms in total. The van der Waals surface area contributed by atoms with Gasteiger partial charge in [-0.25, -0.2) is 8.78 Å². The molecule has 1 aliphatic rings. The summed E-state index contributed by atoms with van der Waals surface area (Å²) in [6, 6.07) is 10.4. The number of carbonyl (C=O) groups excluding carboxylic acids is 1. The number of anilines is 1. The van der Waals surface area contributed by atoms with Gasteiger partial charge in [-0.05, 0) is 24.7 Å². The second kappa shape index (κ2) is 7.04. The van der Waals surface area contributed by atoms with Crippen molar-refractivity contribution < 1.29 is 13.6 Å².